The molecule has 82 heavy (non-hydrogen) atoms. The van der Waals surface area contributed by atoms with Crippen LogP contribution in [-0.4, -0.2) is 139 Å². The van der Waals surface area contributed by atoms with Crippen LogP contribution in [0.4, 0.5) is 9.88 Å². The van der Waals surface area contributed by atoms with Gasteiger partial charge in [0.2, 0.25) is 11.8 Å². The molecule has 2 saturated carbocycles. The van der Waals surface area contributed by atoms with E-state index in [2.05, 4.69) is 69.1 Å². The Morgan fingerprint density at radius 2 is 1.12 bits per heavy atom. The van der Waals surface area contributed by atoms with Gasteiger partial charge in [-0.15, -0.1) is 23.5 Å². The number of amides is 2. The molecule has 1 unspecified atom stereocenters. The number of anilines is 1. The Kier molecular flexibility index (Phi) is 26.3. The zero-order valence-electron chi connectivity index (χ0n) is 49.0. The van der Waals surface area contributed by atoms with E-state index in [-0.39, 0.29) is 152 Å². The fraction of sp³-hybridized carbons (Fsp3) is 0.645. The van der Waals surface area contributed by atoms with Crippen LogP contribution in [0.1, 0.15) is 139 Å². The molecule has 2 aliphatic carbocycles. The molecule has 13 atom stereocenters. The number of allylic oxidation sites excluding steroid dienone is 2. The smallest absolute Gasteiger partial charge is 0.306 e. The van der Waals surface area contributed by atoms with Gasteiger partial charge < -0.3 is 49.5 Å². The van der Waals surface area contributed by atoms with Crippen LogP contribution in [-0.2, 0) is 68.3 Å². The Labute approximate surface area is 496 Å². The second-order valence-corrected chi connectivity index (χ2v) is 25.3. The number of nitrogens with one attached hydrogen (secondary N) is 2. The average Bonchev–Trinajstić information content (AvgIpc) is 2.41. The third kappa shape index (κ3) is 19.0. The average molecular weight is 1200 g/mol. The van der Waals surface area contributed by atoms with Crippen LogP contribution in [0.15, 0.2) is 81.6 Å². The molecule has 6 aliphatic rings. The first-order chi connectivity index (χ1) is 38.7. The van der Waals surface area contributed by atoms with Crippen LogP contribution in [0, 0.1) is 11.8 Å². The van der Waals surface area contributed by atoms with E-state index in [0.29, 0.717) is 31.7 Å². The van der Waals surface area contributed by atoms with E-state index in [1.54, 1.807) is 26.4 Å². The minimum atomic E-state index is -0.936. The molecule has 4 N–H and O–H groups in total. The largest absolute Gasteiger partial charge is 0.459 e. The molecule has 6 fully saturated rings. The van der Waals surface area contributed by atoms with Gasteiger partial charge in [-0.05, 0) is 128 Å². The molecule has 456 valence electrons. The van der Waals surface area contributed by atoms with Crippen LogP contribution in [0.25, 0.3) is 0 Å². The number of carbonyl (C=O) groups is 6. The number of carbonyl (C=O) groups excluding carboxylic acids is 6. The van der Waals surface area contributed by atoms with Gasteiger partial charge >= 0.3 is 5.97 Å². The van der Waals surface area contributed by atoms with Gasteiger partial charge in [0, 0.05) is 60.8 Å². The van der Waals surface area contributed by atoms with Gasteiger partial charge in [0.25, 0.3) is 0 Å². The molecule has 4 heterocycles. The number of benzene rings is 2. The zero-order valence-corrected chi connectivity index (χ0v) is 51.6. The molecular weight excluding hydrogens is 1110 g/mol. The Hall–Kier alpha value is -4.04. The molecule has 16 nitrogen and oxygen atoms in total. The van der Waals surface area contributed by atoms with E-state index in [1.165, 1.54) is 34.7 Å². The summed E-state index contributed by atoms with van der Waals surface area (Å²) in [6.07, 6.45) is 9.23. The maximum absolute atomic E-state index is 13.0. The second-order valence-electron chi connectivity index (χ2n) is 22.7. The SMILES string of the molecule is C.CC.CO[C@@H]1[C@H](NC(=O)CC(=O)CSc2ccc(CC(=O)CCCC(=O)OCPF)cc2)CC[C@]2(CO2)[C@H]1[C@@]1(C)O[C@@H]1CC=C(C)C.CO[C@@H]1[C@H](NC(=O)CC(=O)CSc2ccc(N)cc2)CC[C@]2(CO2)[C@H]1[C@@]1(C)O[C@@H]1CC=C(C)C. The molecule has 2 aromatic carbocycles. The summed E-state index contributed by atoms with van der Waals surface area (Å²) in [6.45, 7) is 17.9. The summed E-state index contributed by atoms with van der Waals surface area (Å²) in [7, 11) is 2.41. The standard InChI is InChI=1S/C33H45FNO8PS.C26H36N2O5S.C2H6.CH4/c1-21(2)8-13-27-32(3,43-27)31-30(40-4)26(14-15-33(31)19-42-33)35-28(38)17-24(37)18-45-25-11-9-22(10-12-25)16-23(36)6-5-7-29(39)41-20-44-34;1-16(2)5-10-21-25(3,33-21)24-23(31-4)20(11-12-26(24)15-32-26)28-22(30)13-18(29)14-34-19-8-6-17(27)7-9-19;1-2;/h8-12,26-27,30-31,44H,5-7,13-20H2,1-4H3,(H,35,38);5-9,20-21,23-24H,10-15,27H2,1-4H3,(H,28,30);1-2H3;1H4/t26-,27-,30-,31-,32+,33+;20-,21-,23-,24-,25+,26+;;/m11../s1. The van der Waals surface area contributed by atoms with Gasteiger partial charge in [-0.3, -0.25) is 28.8 Å². The Morgan fingerprint density at radius 3 is 1.51 bits per heavy atom. The number of hydrogen-bond donors (Lipinski definition) is 3. The maximum Gasteiger partial charge on any atom is 0.306 e. The summed E-state index contributed by atoms with van der Waals surface area (Å²) in [6, 6.07) is 14.3. The molecule has 2 amide bonds. The molecule has 4 saturated heterocycles. The fourth-order valence-electron chi connectivity index (χ4n) is 11.8. The Morgan fingerprint density at radius 1 is 0.695 bits per heavy atom. The number of ether oxygens (including phenoxy) is 7. The molecule has 2 spiro atoms. The molecule has 0 aromatic heterocycles. The number of methoxy groups -OCH3 is 2. The van der Waals surface area contributed by atoms with Crippen molar-refractivity contribution in [3.63, 3.8) is 0 Å². The number of hydrogen-bond acceptors (Lipinski definition) is 16. The first-order valence-corrected chi connectivity index (χ1v) is 31.5. The Bertz CT molecular complexity index is 2540. The van der Waals surface area contributed by atoms with Crippen molar-refractivity contribution in [1.82, 2.24) is 10.6 Å². The van der Waals surface area contributed by atoms with E-state index in [9.17, 15) is 33.0 Å². The van der Waals surface area contributed by atoms with Gasteiger partial charge in [-0.1, -0.05) is 56.7 Å². The summed E-state index contributed by atoms with van der Waals surface area (Å²) >= 11 is 2.75. The van der Waals surface area contributed by atoms with E-state index in [0.717, 1.165) is 47.5 Å². The monoisotopic (exact) mass is 1200 g/mol. The summed E-state index contributed by atoms with van der Waals surface area (Å²) < 4.78 is 53.1. The third-order valence-electron chi connectivity index (χ3n) is 16.1. The number of esters is 1. The molecule has 20 heteroatoms. The lowest BCUT2D eigenvalue weighted by molar-refractivity contribution is -0.141. The highest BCUT2D eigenvalue weighted by molar-refractivity contribution is 8.00. The quantitative estimate of drug-likeness (QED) is 0.0137. The first-order valence-electron chi connectivity index (χ1n) is 28.4. The lowest BCUT2D eigenvalue weighted by Crippen LogP contribution is -2.59. The number of thioether (sulfide) groups is 2. The fourth-order valence-corrected chi connectivity index (χ4v) is 13.5. The highest BCUT2D eigenvalue weighted by atomic mass is 32.2. The predicted molar refractivity (Wildman–Crippen MR) is 322 cm³/mol. The van der Waals surface area contributed by atoms with Crippen molar-refractivity contribution in [2.75, 3.05) is 51.0 Å². The number of halogens is 1. The minimum Gasteiger partial charge on any atom is -0.459 e. The third-order valence-corrected chi connectivity index (χ3v) is 18.5. The highest BCUT2D eigenvalue weighted by Crippen LogP contribution is 2.61. The lowest BCUT2D eigenvalue weighted by atomic mass is 9.67. The van der Waals surface area contributed by atoms with Gasteiger partial charge in [-0.25, -0.2) is 4.20 Å². The van der Waals surface area contributed by atoms with Crippen molar-refractivity contribution in [2.24, 2.45) is 11.8 Å². The topological polar surface area (TPSA) is 230 Å². The minimum absolute atomic E-state index is 0. The van der Waals surface area contributed by atoms with Crippen molar-refractivity contribution in [3.8, 4) is 0 Å². The van der Waals surface area contributed by atoms with E-state index < -0.39 is 20.5 Å². The zero-order chi connectivity index (χ0) is 59.1. The summed E-state index contributed by atoms with van der Waals surface area (Å²) in [5.41, 5.74) is 8.48. The molecule has 0 bridgehead atoms. The summed E-state index contributed by atoms with van der Waals surface area (Å²) in [4.78, 5) is 76.3. The normalized spacial score (nSPS) is 29.8. The van der Waals surface area contributed by atoms with Gasteiger partial charge in [0.05, 0.1) is 85.3 Å². The number of epoxide rings is 4. The summed E-state index contributed by atoms with van der Waals surface area (Å²) in [5, 5.41) is 6.16. The van der Waals surface area contributed by atoms with Crippen molar-refractivity contribution in [3.05, 3.63) is 77.4 Å². The van der Waals surface area contributed by atoms with Gasteiger partial charge in [0.1, 0.15) is 32.2 Å². The molecule has 2 aromatic rings. The highest BCUT2D eigenvalue weighted by Gasteiger charge is 2.73. The van der Waals surface area contributed by atoms with Gasteiger partial charge in [0.15, 0.2) is 11.6 Å². The van der Waals surface area contributed by atoms with Crippen molar-refractivity contribution >= 4 is 73.2 Å². The van der Waals surface area contributed by atoms with Crippen molar-refractivity contribution in [2.45, 2.75) is 209 Å². The predicted octanol–water partition coefficient (Wildman–Crippen LogP) is 10.5. The number of ketones is 3. The number of nitrogen functional groups attached to an aromatic ring is 1. The van der Waals surface area contributed by atoms with Crippen molar-refractivity contribution < 1.29 is 66.1 Å². The van der Waals surface area contributed by atoms with Crippen LogP contribution < -0.4 is 16.4 Å². The maximum atomic E-state index is 13.0. The van der Waals surface area contributed by atoms with E-state index in [1.807, 2.05) is 50.2 Å². The number of rotatable bonds is 28. The van der Waals surface area contributed by atoms with E-state index in [4.69, 9.17) is 34.2 Å². The van der Waals surface area contributed by atoms with Crippen LogP contribution >= 0.6 is 32.4 Å². The Balaban J connectivity index is 0.000000298. The number of Topliss-reactive ketones (excluding diaryl/α,β-unsaturated/α-hetero) is 3. The lowest BCUT2D eigenvalue weighted by Gasteiger charge is -2.43. The summed E-state index contributed by atoms with van der Waals surface area (Å²) in [5.74, 6) is -0.954. The van der Waals surface area contributed by atoms with Crippen LogP contribution in [0.3, 0.4) is 0 Å². The van der Waals surface area contributed by atoms with Crippen LogP contribution in [0.2, 0.25) is 0 Å². The second kappa shape index (κ2) is 31.4. The molecular formula is C62H91FN3O13PS2. The van der Waals surface area contributed by atoms with Crippen LogP contribution in [0.5, 0.6) is 0 Å². The molecule has 8 rings (SSSR count). The van der Waals surface area contributed by atoms with Gasteiger partial charge in [-0.2, -0.15) is 0 Å². The first kappa shape index (κ1) is 68.7. The molecule has 4 aliphatic heterocycles. The number of nitrogens with two attached hydrogens (primary N) is 1. The van der Waals surface area contributed by atoms with Crippen molar-refractivity contribution in [1.29, 1.82) is 0 Å². The van der Waals surface area contributed by atoms with E-state index >= 15 is 0 Å². The molecule has 0 radical (unpaired) electrons.